The summed E-state index contributed by atoms with van der Waals surface area (Å²) >= 11 is 0. The Morgan fingerprint density at radius 2 is 2.00 bits per heavy atom. The van der Waals surface area contributed by atoms with E-state index < -0.39 is 0 Å². The Balaban J connectivity index is 1.66. The topological polar surface area (TPSA) is 46.3 Å². The van der Waals surface area contributed by atoms with E-state index in [0.29, 0.717) is 29.8 Å². The minimum Gasteiger partial charge on any atom is -0.340 e. The number of fused-ring (bicyclic) bond motifs is 2. The van der Waals surface area contributed by atoms with E-state index in [1.807, 2.05) is 0 Å². The number of nitrogens with two attached hydrogens (primary N) is 1. The fraction of sp³-hybridized carbons (Fsp3) is 0.929. The molecule has 0 aromatic rings. The Hall–Kier alpha value is -0.570. The van der Waals surface area contributed by atoms with Gasteiger partial charge in [0, 0.05) is 24.5 Å². The maximum absolute atomic E-state index is 12.6. The van der Waals surface area contributed by atoms with E-state index in [1.54, 1.807) is 0 Å². The maximum Gasteiger partial charge on any atom is 0.226 e. The van der Waals surface area contributed by atoms with Gasteiger partial charge in [-0.05, 0) is 50.9 Å². The summed E-state index contributed by atoms with van der Waals surface area (Å²) in [6.45, 7) is 3.04. The summed E-state index contributed by atoms with van der Waals surface area (Å²) in [6.07, 6.45) is 7.11. The molecule has 5 atom stereocenters. The SMILES string of the molecule is CC1CC(N)CCN1C(=O)C1CC2CCC1C2. The molecule has 3 fully saturated rings. The molecule has 1 aliphatic heterocycles. The minimum atomic E-state index is 0.300. The van der Waals surface area contributed by atoms with Crippen LogP contribution in [0.4, 0.5) is 0 Å². The van der Waals surface area contributed by atoms with Gasteiger partial charge in [0.15, 0.2) is 0 Å². The second-order valence-electron chi connectivity index (χ2n) is 6.45. The predicted octanol–water partition coefficient (Wildman–Crippen LogP) is 1.76. The van der Waals surface area contributed by atoms with Crippen LogP contribution in [0.25, 0.3) is 0 Å². The number of hydrogen-bond acceptors (Lipinski definition) is 2. The van der Waals surface area contributed by atoms with Crippen LogP contribution in [0.5, 0.6) is 0 Å². The molecule has 1 heterocycles. The van der Waals surface area contributed by atoms with Gasteiger partial charge in [-0.1, -0.05) is 6.42 Å². The summed E-state index contributed by atoms with van der Waals surface area (Å²) < 4.78 is 0. The van der Waals surface area contributed by atoms with E-state index in [1.165, 1.54) is 25.7 Å². The van der Waals surface area contributed by atoms with Crippen LogP contribution in [0, 0.1) is 17.8 Å². The molecule has 2 N–H and O–H groups in total. The molecule has 0 aromatic carbocycles. The molecular formula is C14H24N2O. The number of rotatable bonds is 1. The van der Waals surface area contributed by atoms with Crippen LogP contribution >= 0.6 is 0 Å². The number of nitrogens with zero attached hydrogens (tertiary/aromatic N) is 1. The first kappa shape index (κ1) is 11.5. The lowest BCUT2D eigenvalue weighted by molar-refractivity contribution is -0.140. The number of hydrogen-bond donors (Lipinski definition) is 1. The van der Waals surface area contributed by atoms with Gasteiger partial charge in [-0.15, -0.1) is 0 Å². The summed E-state index contributed by atoms with van der Waals surface area (Å²) in [4.78, 5) is 14.7. The zero-order valence-corrected chi connectivity index (χ0v) is 10.8. The van der Waals surface area contributed by atoms with Crippen molar-refractivity contribution in [2.75, 3.05) is 6.54 Å². The van der Waals surface area contributed by atoms with Crippen molar-refractivity contribution in [2.24, 2.45) is 23.5 Å². The number of amides is 1. The van der Waals surface area contributed by atoms with Crippen LogP contribution in [0.1, 0.15) is 45.4 Å². The van der Waals surface area contributed by atoms with E-state index >= 15 is 0 Å². The third kappa shape index (κ3) is 1.99. The highest BCUT2D eigenvalue weighted by Crippen LogP contribution is 2.49. The molecule has 2 bridgehead atoms. The smallest absolute Gasteiger partial charge is 0.226 e. The van der Waals surface area contributed by atoms with Gasteiger partial charge in [0.2, 0.25) is 5.91 Å². The van der Waals surface area contributed by atoms with Crippen LogP contribution in [-0.2, 0) is 4.79 Å². The first-order valence-electron chi connectivity index (χ1n) is 7.21. The molecule has 1 saturated heterocycles. The zero-order valence-electron chi connectivity index (χ0n) is 10.8. The van der Waals surface area contributed by atoms with Crippen molar-refractivity contribution in [3.63, 3.8) is 0 Å². The Morgan fingerprint density at radius 3 is 2.59 bits per heavy atom. The number of likely N-dealkylation sites (tertiary alicyclic amines) is 1. The van der Waals surface area contributed by atoms with Gasteiger partial charge in [0.05, 0.1) is 0 Å². The van der Waals surface area contributed by atoms with Crippen LogP contribution in [0.2, 0.25) is 0 Å². The van der Waals surface area contributed by atoms with Gasteiger partial charge in [0.1, 0.15) is 0 Å². The van der Waals surface area contributed by atoms with Crippen LogP contribution in [0.3, 0.4) is 0 Å². The maximum atomic E-state index is 12.6. The molecule has 0 aromatic heterocycles. The van der Waals surface area contributed by atoms with Crippen LogP contribution < -0.4 is 5.73 Å². The van der Waals surface area contributed by atoms with Gasteiger partial charge >= 0.3 is 0 Å². The van der Waals surface area contributed by atoms with E-state index in [0.717, 1.165) is 25.3 Å². The fourth-order valence-electron chi connectivity index (χ4n) is 4.30. The highest BCUT2D eigenvalue weighted by molar-refractivity contribution is 5.80. The Kier molecular flexibility index (Phi) is 2.89. The number of carbonyl (C=O) groups excluding carboxylic acids is 1. The summed E-state index contributed by atoms with van der Waals surface area (Å²) in [5, 5.41) is 0. The number of piperidine rings is 1. The summed E-state index contributed by atoms with van der Waals surface area (Å²) in [5.41, 5.74) is 5.96. The second kappa shape index (κ2) is 4.27. The van der Waals surface area contributed by atoms with E-state index in [4.69, 9.17) is 5.73 Å². The molecule has 0 spiro atoms. The molecule has 96 valence electrons. The van der Waals surface area contributed by atoms with Crippen molar-refractivity contribution < 1.29 is 4.79 Å². The van der Waals surface area contributed by atoms with E-state index in [-0.39, 0.29) is 0 Å². The highest BCUT2D eigenvalue weighted by atomic mass is 16.2. The Labute approximate surface area is 104 Å². The average molecular weight is 236 g/mol. The Morgan fingerprint density at radius 1 is 1.18 bits per heavy atom. The molecule has 3 rings (SSSR count). The Bertz CT molecular complexity index is 317. The molecule has 1 amide bonds. The van der Waals surface area contributed by atoms with E-state index in [2.05, 4.69) is 11.8 Å². The summed E-state index contributed by atoms with van der Waals surface area (Å²) in [7, 11) is 0. The third-order valence-electron chi connectivity index (χ3n) is 5.26. The molecule has 5 unspecified atom stereocenters. The van der Waals surface area contributed by atoms with E-state index in [9.17, 15) is 4.79 Å². The zero-order chi connectivity index (χ0) is 12.0. The van der Waals surface area contributed by atoms with Crippen LogP contribution in [-0.4, -0.2) is 29.4 Å². The van der Waals surface area contributed by atoms with Crippen LogP contribution in [0.15, 0.2) is 0 Å². The van der Waals surface area contributed by atoms with Gasteiger partial charge in [-0.3, -0.25) is 4.79 Å². The quantitative estimate of drug-likeness (QED) is 0.754. The van der Waals surface area contributed by atoms with Gasteiger partial charge in [0.25, 0.3) is 0 Å². The van der Waals surface area contributed by atoms with Gasteiger partial charge in [-0.2, -0.15) is 0 Å². The monoisotopic (exact) mass is 236 g/mol. The normalized spacial score (nSPS) is 45.3. The number of carbonyl (C=O) groups is 1. The minimum absolute atomic E-state index is 0.300. The molecule has 2 aliphatic carbocycles. The first-order valence-corrected chi connectivity index (χ1v) is 7.21. The fourth-order valence-corrected chi connectivity index (χ4v) is 4.30. The molecule has 3 nitrogen and oxygen atoms in total. The summed E-state index contributed by atoms with van der Waals surface area (Å²) in [5.74, 6) is 2.36. The van der Waals surface area contributed by atoms with Crippen molar-refractivity contribution in [3.8, 4) is 0 Å². The lowest BCUT2D eigenvalue weighted by atomic mass is 9.86. The van der Waals surface area contributed by atoms with Gasteiger partial charge in [-0.25, -0.2) is 0 Å². The largest absolute Gasteiger partial charge is 0.340 e. The molecule has 0 radical (unpaired) electrons. The molecule has 3 heteroatoms. The summed E-state index contributed by atoms with van der Waals surface area (Å²) in [6, 6.07) is 0.652. The molecule has 2 saturated carbocycles. The lowest BCUT2D eigenvalue weighted by Gasteiger charge is -2.39. The van der Waals surface area contributed by atoms with Crippen molar-refractivity contribution in [1.29, 1.82) is 0 Å². The standard InChI is InChI=1S/C14H24N2O/c1-9-6-12(15)4-5-16(9)14(17)13-8-10-2-3-11(13)7-10/h9-13H,2-8,15H2,1H3. The lowest BCUT2D eigenvalue weighted by Crippen LogP contribution is -2.50. The predicted molar refractivity (Wildman–Crippen MR) is 67.3 cm³/mol. The average Bonchev–Trinajstić information content (AvgIpc) is 2.89. The molecule has 3 aliphatic rings. The second-order valence-corrected chi connectivity index (χ2v) is 6.45. The van der Waals surface area contributed by atoms with Crippen molar-refractivity contribution in [2.45, 2.75) is 57.5 Å². The third-order valence-corrected chi connectivity index (χ3v) is 5.26. The molecule has 17 heavy (non-hydrogen) atoms. The first-order chi connectivity index (χ1) is 8.15. The van der Waals surface area contributed by atoms with Crippen molar-refractivity contribution in [3.05, 3.63) is 0 Å². The molecular weight excluding hydrogens is 212 g/mol. The highest BCUT2D eigenvalue weighted by Gasteiger charge is 2.45. The van der Waals surface area contributed by atoms with Crippen molar-refractivity contribution in [1.82, 2.24) is 4.90 Å². The van der Waals surface area contributed by atoms with Crippen molar-refractivity contribution >= 4 is 5.91 Å². The van der Waals surface area contributed by atoms with Gasteiger partial charge < -0.3 is 10.6 Å².